The van der Waals surface area contributed by atoms with Gasteiger partial charge in [0.2, 0.25) is 10.0 Å². The summed E-state index contributed by atoms with van der Waals surface area (Å²) in [5, 5.41) is 17.7. The number of fused-ring (bicyclic) bond motifs is 3. The number of aromatic nitrogens is 4. The number of hydrogen-bond acceptors (Lipinski definition) is 9. The third-order valence-electron chi connectivity index (χ3n) is 10.3. The average molecular weight is 730 g/mol. The van der Waals surface area contributed by atoms with Crippen LogP contribution in [-0.4, -0.2) is 61.8 Å². The minimum Gasteiger partial charge on any atom is -0.383 e. The molecule has 2 bridgehead atoms. The molecule has 0 radical (unpaired) electrons. The van der Waals surface area contributed by atoms with Gasteiger partial charge in [-0.3, -0.25) is 9.98 Å². The maximum Gasteiger partial charge on any atom is 0.333 e. The highest BCUT2D eigenvalue weighted by molar-refractivity contribution is 7.90. The van der Waals surface area contributed by atoms with Crippen molar-refractivity contribution >= 4 is 44.4 Å². The van der Waals surface area contributed by atoms with E-state index in [4.69, 9.17) is 16.6 Å². The second kappa shape index (κ2) is 12.3. The highest BCUT2D eigenvalue weighted by Gasteiger charge is 2.57. The summed E-state index contributed by atoms with van der Waals surface area (Å²) >= 11 is 7.90. The summed E-state index contributed by atoms with van der Waals surface area (Å²) in [4.78, 5) is 15.8. The van der Waals surface area contributed by atoms with Gasteiger partial charge in [-0.1, -0.05) is 23.7 Å². The Morgan fingerprint density at radius 2 is 1.88 bits per heavy atom. The molecule has 49 heavy (non-hydrogen) atoms. The smallest absolute Gasteiger partial charge is 0.333 e. The number of benzene rings is 1. The van der Waals surface area contributed by atoms with E-state index >= 15 is 0 Å². The number of rotatable bonds is 8. The quantitative estimate of drug-likeness (QED) is 0.231. The second-order valence-electron chi connectivity index (χ2n) is 13.0. The highest BCUT2D eigenvalue weighted by Crippen LogP contribution is 2.56. The first-order valence-corrected chi connectivity index (χ1v) is 18.7. The standard InChI is InChI=1S/C33H31ClF3N7O3S2/c34-24-15-20(35)6-7-23(24)29-28(25-8-11-44(41-25)32(36)37)26-16-21(17-43(26)30(40-29)31-39-10-12-48-31)42-49(46,47)22-13-18-4-5-19(14-22)33(18,45)27-3-1-2-9-38-27/h1-3,6-12,15,18-19,21-22,29,32,42,45H,4-5,13-14,16-17H2/t18?,19?,21?,22?,29-,33?/m0/s1. The SMILES string of the molecule is O=S(=O)(NC1CC2=C(c3ccn(C(F)F)n3)[C@H](c3ccc(F)cc3Cl)N=C(c3nccs3)N2C1)C1CC2CCC(C1)C2(O)c1ccccn1. The third kappa shape index (κ3) is 5.59. The van der Waals surface area contributed by atoms with Crippen molar-refractivity contribution in [3.05, 3.63) is 105 Å². The van der Waals surface area contributed by atoms with Crippen LogP contribution in [0.5, 0.6) is 0 Å². The third-order valence-corrected chi connectivity index (χ3v) is 13.3. The number of alkyl halides is 2. The molecule has 4 aliphatic rings. The van der Waals surface area contributed by atoms with E-state index in [0.717, 1.165) is 0 Å². The topological polar surface area (TPSA) is 126 Å². The molecule has 3 fully saturated rings. The van der Waals surface area contributed by atoms with Crippen LogP contribution in [0.15, 0.2) is 77.1 Å². The van der Waals surface area contributed by atoms with Crippen molar-refractivity contribution in [3.8, 4) is 0 Å². The van der Waals surface area contributed by atoms with E-state index in [1.807, 2.05) is 11.0 Å². The van der Waals surface area contributed by atoms with Gasteiger partial charge in [-0.2, -0.15) is 13.9 Å². The summed E-state index contributed by atoms with van der Waals surface area (Å²) < 4.78 is 73.2. The molecule has 3 unspecified atom stereocenters. The Hall–Kier alpha value is -3.63. The number of pyridine rings is 1. The Kier molecular flexibility index (Phi) is 8.18. The van der Waals surface area contributed by atoms with Gasteiger partial charge < -0.3 is 10.0 Å². The summed E-state index contributed by atoms with van der Waals surface area (Å²) in [5.41, 5.74) is 1.16. The normalized spacial score (nSPS) is 28.3. The molecule has 4 aromatic rings. The molecule has 2 N–H and O–H groups in total. The van der Waals surface area contributed by atoms with Crippen LogP contribution in [-0.2, 0) is 15.6 Å². The van der Waals surface area contributed by atoms with Crippen molar-refractivity contribution in [1.29, 1.82) is 0 Å². The van der Waals surface area contributed by atoms with Gasteiger partial charge in [0.25, 0.3) is 0 Å². The van der Waals surface area contributed by atoms with Crippen molar-refractivity contribution in [2.45, 2.75) is 61.6 Å². The van der Waals surface area contributed by atoms with Crippen LogP contribution >= 0.6 is 22.9 Å². The number of halogens is 4. The minimum absolute atomic E-state index is 0.0971. The zero-order chi connectivity index (χ0) is 34.1. The largest absolute Gasteiger partial charge is 0.383 e. The van der Waals surface area contributed by atoms with E-state index in [-0.39, 0.29) is 35.5 Å². The molecular weight excluding hydrogens is 699 g/mol. The molecule has 2 saturated carbocycles. The predicted octanol–water partition coefficient (Wildman–Crippen LogP) is 5.91. The highest BCUT2D eigenvalue weighted by atomic mass is 35.5. The van der Waals surface area contributed by atoms with E-state index in [1.54, 1.807) is 29.9 Å². The van der Waals surface area contributed by atoms with E-state index in [9.17, 15) is 26.7 Å². The lowest BCUT2D eigenvalue weighted by Crippen LogP contribution is -2.50. The van der Waals surface area contributed by atoms with Crippen molar-refractivity contribution in [1.82, 2.24) is 29.4 Å². The second-order valence-corrected chi connectivity index (χ2v) is 16.3. The van der Waals surface area contributed by atoms with Crippen LogP contribution in [0.3, 0.4) is 0 Å². The lowest BCUT2D eigenvalue weighted by Gasteiger charge is -2.42. The fourth-order valence-electron chi connectivity index (χ4n) is 8.13. The number of aliphatic imine (C=N–C) groups is 1. The van der Waals surface area contributed by atoms with Crippen LogP contribution < -0.4 is 4.72 Å². The van der Waals surface area contributed by atoms with Crippen molar-refractivity contribution in [3.63, 3.8) is 0 Å². The van der Waals surface area contributed by atoms with Crippen molar-refractivity contribution in [2.24, 2.45) is 16.8 Å². The fourth-order valence-corrected chi connectivity index (χ4v) is 10.8. The zero-order valence-corrected chi connectivity index (χ0v) is 28.2. The molecule has 5 heterocycles. The molecule has 16 heteroatoms. The van der Waals surface area contributed by atoms with Gasteiger partial charge in [-0.25, -0.2) is 27.2 Å². The minimum atomic E-state index is -3.87. The number of hydrogen-bond donors (Lipinski definition) is 2. The van der Waals surface area contributed by atoms with E-state index in [0.29, 0.717) is 63.7 Å². The van der Waals surface area contributed by atoms with Crippen molar-refractivity contribution < 1.29 is 26.7 Å². The Balaban J connectivity index is 1.15. The maximum atomic E-state index is 14.2. The Labute approximate surface area is 289 Å². The summed E-state index contributed by atoms with van der Waals surface area (Å²) in [7, 11) is -3.87. The zero-order valence-electron chi connectivity index (χ0n) is 25.8. The molecule has 256 valence electrons. The Bertz CT molecular complexity index is 2050. The molecule has 0 amide bonds. The first-order chi connectivity index (χ1) is 23.5. The lowest BCUT2D eigenvalue weighted by molar-refractivity contribution is -0.0682. The van der Waals surface area contributed by atoms with Gasteiger partial charge in [0.1, 0.15) is 17.5 Å². The number of nitrogens with one attached hydrogen (secondary N) is 1. The molecule has 2 aliphatic carbocycles. The number of thiazole rings is 1. The van der Waals surface area contributed by atoms with E-state index in [2.05, 4.69) is 19.8 Å². The van der Waals surface area contributed by atoms with Crippen LogP contribution in [0.25, 0.3) is 5.57 Å². The molecule has 1 aromatic carbocycles. The number of amidine groups is 1. The molecule has 8 rings (SSSR count). The van der Waals surface area contributed by atoms with Crippen LogP contribution in [0.1, 0.15) is 66.7 Å². The Morgan fingerprint density at radius 1 is 1.08 bits per heavy atom. The molecule has 10 nitrogen and oxygen atoms in total. The molecule has 2 aliphatic heterocycles. The first kappa shape index (κ1) is 32.6. The van der Waals surface area contributed by atoms with Gasteiger partial charge in [0, 0.05) is 64.8 Å². The van der Waals surface area contributed by atoms with Crippen LogP contribution in [0.2, 0.25) is 5.02 Å². The predicted molar refractivity (Wildman–Crippen MR) is 178 cm³/mol. The average Bonchev–Trinajstić information content (AvgIpc) is 3.87. The maximum absolute atomic E-state index is 14.2. The summed E-state index contributed by atoms with van der Waals surface area (Å²) in [5.74, 6) is -0.579. The molecular formula is C33H31ClF3N7O3S2. The fraction of sp³-hybridized carbons (Fsp3) is 0.394. The molecule has 0 spiro atoms. The monoisotopic (exact) mass is 729 g/mol. The lowest BCUT2D eigenvalue weighted by atomic mass is 9.72. The number of aliphatic hydroxyl groups is 1. The number of nitrogens with zero attached hydrogens (tertiary/aromatic N) is 6. The molecule has 3 aromatic heterocycles. The van der Waals surface area contributed by atoms with E-state index in [1.165, 1.54) is 41.8 Å². The summed E-state index contributed by atoms with van der Waals surface area (Å²) in [6.45, 7) is -2.68. The van der Waals surface area contributed by atoms with Crippen molar-refractivity contribution in [2.75, 3.05) is 6.54 Å². The Morgan fingerprint density at radius 3 is 2.53 bits per heavy atom. The summed E-state index contributed by atoms with van der Waals surface area (Å²) in [6.07, 6.45) is 6.66. The van der Waals surface area contributed by atoms with E-state index < -0.39 is 45.3 Å². The van der Waals surface area contributed by atoms with Gasteiger partial charge in [0.05, 0.1) is 16.6 Å². The van der Waals surface area contributed by atoms with Gasteiger partial charge in [0.15, 0.2) is 10.8 Å². The van der Waals surface area contributed by atoms with Gasteiger partial charge >= 0.3 is 6.55 Å². The van der Waals surface area contributed by atoms with Crippen LogP contribution in [0, 0.1) is 17.7 Å². The van der Waals surface area contributed by atoms with Gasteiger partial charge in [-0.05, 0) is 67.9 Å². The summed E-state index contributed by atoms with van der Waals surface area (Å²) in [6, 6.07) is 9.33. The van der Waals surface area contributed by atoms with Gasteiger partial charge in [-0.15, -0.1) is 11.3 Å². The first-order valence-electron chi connectivity index (χ1n) is 15.9. The molecule has 1 saturated heterocycles. The van der Waals surface area contributed by atoms with Crippen LogP contribution in [0.4, 0.5) is 13.2 Å². The molecule has 4 atom stereocenters. The number of sulfonamides is 1.